The number of hydrogen-bond acceptors (Lipinski definition) is 4. The van der Waals surface area contributed by atoms with Gasteiger partial charge in [-0.25, -0.2) is 0 Å². The van der Waals surface area contributed by atoms with Crippen molar-refractivity contribution in [3.05, 3.63) is 80.4 Å². The van der Waals surface area contributed by atoms with Crippen LogP contribution in [-0.2, 0) is 16.0 Å². The molecule has 2 aromatic rings. The summed E-state index contributed by atoms with van der Waals surface area (Å²) in [5, 5.41) is 0. The van der Waals surface area contributed by atoms with E-state index < -0.39 is 0 Å². The summed E-state index contributed by atoms with van der Waals surface area (Å²) in [5.41, 5.74) is 5.33. The minimum Gasteiger partial charge on any atom is -0.497 e. The Morgan fingerprint density at radius 2 is 1.68 bits per heavy atom. The molecule has 1 heterocycles. The van der Waals surface area contributed by atoms with Gasteiger partial charge in [0.25, 0.3) is 0 Å². The van der Waals surface area contributed by atoms with Gasteiger partial charge in [0, 0.05) is 48.4 Å². The monoisotopic (exact) mass is 618 g/mol. The molecule has 0 amide bonds. The molecule has 0 aliphatic rings. The van der Waals surface area contributed by atoms with Gasteiger partial charge in [-0.15, -0.1) is 0 Å². The van der Waals surface area contributed by atoms with Crippen LogP contribution in [0.4, 0.5) is 0 Å². The summed E-state index contributed by atoms with van der Waals surface area (Å²) in [6, 6.07) is 10.4. The predicted octanol–water partition coefficient (Wildman–Crippen LogP) is 7.41. The number of methoxy groups -OCH3 is 4. The van der Waals surface area contributed by atoms with Crippen LogP contribution >= 0.6 is 22.6 Å². The first kappa shape index (κ1) is 30.6. The number of hydrogen-bond donors (Lipinski definition) is 0. The number of nitrogens with zero attached hydrogens (tertiary/aromatic N) is 1. The minimum atomic E-state index is -0.0637. The van der Waals surface area contributed by atoms with Gasteiger partial charge in [0.1, 0.15) is 17.3 Å². The maximum atomic E-state index is 5.77. The van der Waals surface area contributed by atoms with Crippen molar-refractivity contribution < 1.29 is 23.5 Å². The first-order valence-electron chi connectivity index (χ1n) is 12.4. The first-order valence-corrected chi connectivity index (χ1v) is 13.7. The number of benzene rings is 1. The molecule has 0 saturated carbocycles. The molecule has 200 valence electrons. The molecule has 37 heavy (non-hydrogen) atoms. The molecule has 1 unspecified atom stereocenters. The SMILES string of the molecule is COC(/C=C\I)=C(\C)C(C/C=C/c1cccc(/C=C/c2ccc(OC)c(C)c2OC)[n+]1CC(C)C)OC. The maximum absolute atomic E-state index is 5.77. The fourth-order valence-corrected chi connectivity index (χ4v) is 4.60. The highest BCUT2D eigenvalue weighted by atomic mass is 127. The van der Waals surface area contributed by atoms with Crippen LogP contribution in [0.3, 0.4) is 0 Å². The van der Waals surface area contributed by atoms with Crippen molar-refractivity contribution in [2.75, 3.05) is 28.4 Å². The molecule has 1 aromatic carbocycles. The zero-order valence-corrected chi connectivity index (χ0v) is 25.5. The Morgan fingerprint density at radius 1 is 0.973 bits per heavy atom. The van der Waals surface area contributed by atoms with E-state index in [1.165, 1.54) is 0 Å². The summed E-state index contributed by atoms with van der Waals surface area (Å²) < 4.78 is 26.7. The summed E-state index contributed by atoms with van der Waals surface area (Å²) in [4.78, 5) is 0. The molecular formula is C31H41INO4+. The van der Waals surface area contributed by atoms with Crippen molar-refractivity contribution >= 4 is 40.8 Å². The zero-order valence-electron chi connectivity index (χ0n) is 23.4. The molecule has 0 fully saturated rings. The van der Waals surface area contributed by atoms with Gasteiger partial charge in [-0.05, 0) is 60.3 Å². The molecule has 2 rings (SSSR count). The third-order valence-corrected chi connectivity index (χ3v) is 6.54. The smallest absolute Gasteiger partial charge is 0.205 e. The molecule has 0 spiro atoms. The summed E-state index contributed by atoms with van der Waals surface area (Å²) in [7, 11) is 6.80. The van der Waals surface area contributed by atoms with Crippen LogP contribution in [0.15, 0.2) is 57.9 Å². The largest absolute Gasteiger partial charge is 0.497 e. The lowest BCUT2D eigenvalue weighted by atomic mass is 10.1. The maximum Gasteiger partial charge on any atom is 0.205 e. The molecule has 1 atom stereocenters. The quantitative estimate of drug-likeness (QED) is 0.102. The van der Waals surface area contributed by atoms with E-state index in [9.17, 15) is 0 Å². The number of pyridine rings is 1. The van der Waals surface area contributed by atoms with Crippen molar-refractivity contribution in [3.8, 4) is 11.5 Å². The van der Waals surface area contributed by atoms with Crippen molar-refractivity contribution in [3.63, 3.8) is 0 Å². The van der Waals surface area contributed by atoms with E-state index in [-0.39, 0.29) is 6.10 Å². The summed E-state index contributed by atoms with van der Waals surface area (Å²) in [6.07, 6.45) is 11.2. The van der Waals surface area contributed by atoms with Crippen molar-refractivity contribution in [2.45, 2.75) is 46.8 Å². The van der Waals surface area contributed by atoms with Crippen LogP contribution in [0.1, 0.15) is 49.7 Å². The van der Waals surface area contributed by atoms with E-state index in [1.54, 1.807) is 28.4 Å². The van der Waals surface area contributed by atoms with Crippen LogP contribution in [-0.4, -0.2) is 34.5 Å². The fourth-order valence-electron chi connectivity index (χ4n) is 4.27. The average molecular weight is 619 g/mol. The molecule has 1 aromatic heterocycles. The number of aromatic nitrogens is 1. The Bertz CT molecular complexity index is 1150. The second kappa shape index (κ2) is 15.6. The van der Waals surface area contributed by atoms with Crippen LogP contribution in [0.2, 0.25) is 0 Å². The Kier molecular flexibility index (Phi) is 12.9. The number of allylic oxidation sites excluding steroid dienone is 1. The van der Waals surface area contributed by atoms with Crippen LogP contribution in [0.25, 0.3) is 18.2 Å². The molecule has 5 nitrogen and oxygen atoms in total. The highest BCUT2D eigenvalue weighted by Crippen LogP contribution is 2.32. The first-order chi connectivity index (χ1) is 17.8. The second-order valence-corrected chi connectivity index (χ2v) is 9.85. The molecule has 0 saturated heterocycles. The summed E-state index contributed by atoms with van der Waals surface area (Å²) >= 11 is 2.20. The Hall–Kier alpha value is -2.58. The highest BCUT2D eigenvalue weighted by Gasteiger charge is 2.17. The van der Waals surface area contributed by atoms with Gasteiger partial charge in [0.15, 0.2) is 6.54 Å². The predicted molar refractivity (Wildman–Crippen MR) is 162 cm³/mol. The molecule has 0 radical (unpaired) electrons. The average Bonchev–Trinajstić information content (AvgIpc) is 2.89. The fraction of sp³-hybridized carbons (Fsp3) is 0.387. The van der Waals surface area contributed by atoms with Gasteiger partial charge in [0.05, 0.1) is 27.4 Å². The third kappa shape index (κ3) is 8.47. The molecule has 6 heteroatoms. The standard InChI is InChI=1S/C31H41INO4/c1-22(2)21-33-26(13-10-14-28(34-5)23(3)30(36-7)19-20-32)11-9-12-27(33)17-15-25-16-18-29(35-6)24(4)31(25)37-8/h9-13,15-20,22,28H,14,21H2,1-8H3/q+1/b13-10+,17-15+,20-19-,30-23+. The Labute approximate surface area is 236 Å². The third-order valence-electron chi connectivity index (χ3n) is 6.18. The lowest BCUT2D eigenvalue weighted by molar-refractivity contribution is -0.705. The van der Waals surface area contributed by atoms with Crippen molar-refractivity contribution in [2.24, 2.45) is 5.92 Å². The lowest BCUT2D eigenvalue weighted by Crippen LogP contribution is -2.42. The van der Waals surface area contributed by atoms with Crippen LogP contribution < -0.4 is 14.0 Å². The number of ether oxygens (including phenoxy) is 4. The number of rotatable bonds is 13. The van der Waals surface area contributed by atoms with Crippen LogP contribution in [0, 0.1) is 12.8 Å². The van der Waals surface area contributed by atoms with E-state index >= 15 is 0 Å². The molecule has 0 N–H and O–H groups in total. The second-order valence-electron chi connectivity index (χ2n) is 9.14. The summed E-state index contributed by atoms with van der Waals surface area (Å²) in [5.74, 6) is 2.97. The summed E-state index contributed by atoms with van der Waals surface area (Å²) in [6.45, 7) is 9.44. The van der Waals surface area contributed by atoms with E-state index in [0.29, 0.717) is 5.92 Å². The minimum absolute atomic E-state index is 0.0637. The molecule has 0 bridgehead atoms. The molecule has 0 aliphatic carbocycles. The lowest BCUT2D eigenvalue weighted by Gasteiger charge is -2.16. The van der Waals surface area contributed by atoms with Gasteiger partial charge in [0.2, 0.25) is 11.4 Å². The van der Waals surface area contributed by atoms with Gasteiger partial charge >= 0.3 is 0 Å². The van der Waals surface area contributed by atoms with Gasteiger partial charge < -0.3 is 18.9 Å². The highest BCUT2D eigenvalue weighted by molar-refractivity contribution is 14.1. The van der Waals surface area contributed by atoms with Crippen molar-refractivity contribution in [1.82, 2.24) is 0 Å². The Balaban J connectivity index is 2.41. The zero-order chi connectivity index (χ0) is 27.4. The van der Waals surface area contributed by atoms with E-state index in [4.69, 9.17) is 18.9 Å². The van der Waals surface area contributed by atoms with E-state index in [2.05, 4.69) is 90.4 Å². The van der Waals surface area contributed by atoms with Gasteiger partial charge in [-0.2, -0.15) is 4.57 Å². The normalized spacial score (nSPS) is 13.6. The van der Waals surface area contributed by atoms with E-state index in [1.807, 2.05) is 29.2 Å². The molecule has 0 aliphatic heterocycles. The number of halogens is 1. The molecular weight excluding hydrogens is 577 g/mol. The Morgan fingerprint density at radius 3 is 2.24 bits per heavy atom. The van der Waals surface area contributed by atoms with Crippen molar-refractivity contribution in [1.29, 1.82) is 0 Å². The topological polar surface area (TPSA) is 40.8 Å². The van der Waals surface area contributed by atoms with Crippen LogP contribution in [0.5, 0.6) is 11.5 Å². The van der Waals surface area contributed by atoms with E-state index in [0.717, 1.165) is 58.3 Å². The van der Waals surface area contributed by atoms with Gasteiger partial charge in [-0.3, -0.25) is 0 Å². The van der Waals surface area contributed by atoms with Gasteiger partial charge in [-0.1, -0.05) is 42.5 Å².